The van der Waals surface area contributed by atoms with Crippen molar-refractivity contribution in [2.75, 3.05) is 61.1 Å². The molecule has 4 nitrogen and oxygen atoms in total. The second-order valence-electron chi connectivity index (χ2n) is 4.51. The summed E-state index contributed by atoms with van der Waals surface area (Å²) >= 11 is 0. The zero-order valence-electron chi connectivity index (χ0n) is 10.9. The Hall–Kier alpha value is -0.160. The normalized spacial score (nSPS) is 14.2. The van der Waals surface area contributed by atoms with Crippen LogP contribution in [0.25, 0.3) is 0 Å². The van der Waals surface area contributed by atoms with Gasteiger partial charge in [0.2, 0.25) is 0 Å². The van der Waals surface area contributed by atoms with Gasteiger partial charge in [-0.1, -0.05) is 6.92 Å². The number of nitrogens with one attached hydrogen (secondary N) is 1. The average molecular weight is 219 g/mol. The Morgan fingerprint density at radius 2 is 1.93 bits per heavy atom. The van der Waals surface area contributed by atoms with Gasteiger partial charge in [-0.25, -0.2) is 0 Å². The topological polar surface area (TPSA) is 30.5 Å². The lowest BCUT2D eigenvalue weighted by atomic mass is 10.3. The number of rotatable bonds is 9. The Morgan fingerprint density at radius 1 is 1.27 bits per heavy atom. The maximum absolute atomic E-state index is 5.37. The van der Waals surface area contributed by atoms with E-state index in [-0.39, 0.29) is 6.10 Å². The van der Waals surface area contributed by atoms with Crippen molar-refractivity contribution in [3.63, 3.8) is 0 Å². The molecule has 0 amide bonds. The SMILES string of the molecule is CCNCC[N+](C)(C)CC(COC)OC. The fourth-order valence-corrected chi connectivity index (χ4v) is 1.58. The molecular formula is C11H27N2O2+. The van der Waals surface area contributed by atoms with E-state index >= 15 is 0 Å². The number of ether oxygens (including phenoxy) is 2. The predicted molar refractivity (Wildman–Crippen MR) is 63.1 cm³/mol. The number of quaternary nitrogens is 1. The fraction of sp³-hybridized carbons (Fsp3) is 1.00. The summed E-state index contributed by atoms with van der Waals surface area (Å²) in [6, 6.07) is 0. The number of hydrogen-bond acceptors (Lipinski definition) is 3. The summed E-state index contributed by atoms with van der Waals surface area (Å²) in [6.07, 6.45) is 0.187. The smallest absolute Gasteiger partial charge is 0.129 e. The van der Waals surface area contributed by atoms with Gasteiger partial charge in [-0.05, 0) is 6.54 Å². The van der Waals surface area contributed by atoms with Crippen molar-refractivity contribution in [1.29, 1.82) is 0 Å². The highest BCUT2D eigenvalue weighted by Crippen LogP contribution is 2.02. The van der Waals surface area contributed by atoms with Crippen LogP contribution in [0.2, 0.25) is 0 Å². The molecule has 1 atom stereocenters. The molecule has 15 heavy (non-hydrogen) atoms. The summed E-state index contributed by atoms with van der Waals surface area (Å²) in [5.41, 5.74) is 0. The summed E-state index contributed by atoms with van der Waals surface area (Å²) in [4.78, 5) is 0. The van der Waals surface area contributed by atoms with Crippen molar-refractivity contribution in [2.24, 2.45) is 0 Å². The molecule has 0 radical (unpaired) electrons. The molecule has 92 valence electrons. The van der Waals surface area contributed by atoms with E-state index in [9.17, 15) is 0 Å². The van der Waals surface area contributed by atoms with Crippen LogP contribution in [0, 0.1) is 0 Å². The fourth-order valence-electron chi connectivity index (χ4n) is 1.58. The first-order valence-corrected chi connectivity index (χ1v) is 5.60. The third-order valence-corrected chi connectivity index (χ3v) is 2.53. The van der Waals surface area contributed by atoms with Gasteiger partial charge < -0.3 is 19.3 Å². The van der Waals surface area contributed by atoms with Gasteiger partial charge in [0, 0.05) is 20.8 Å². The van der Waals surface area contributed by atoms with Crippen LogP contribution in [0.5, 0.6) is 0 Å². The van der Waals surface area contributed by atoms with Crippen LogP contribution < -0.4 is 5.32 Å². The minimum atomic E-state index is 0.187. The monoisotopic (exact) mass is 219 g/mol. The molecule has 1 unspecified atom stereocenters. The molecule has 0 aliphatic rings. The van der Waals surface area contributed by atoms with Crippen molar-refractivity contribution in [1.82, 2.24) is 5.32 Å². The van der Waals surface area contributed by atoms with Crippen LogP contribution in [0.15, 0.2) is 0 Å². The number of hydrogen-bond donors (Lipinski definition) is 1. The van der Waals surface area contributed by atoms with Gasteiger partial charge in [0.15, 0.2) is 0 Å². The van der Waals surface area contributed by atoms with Crippen molar-refractivity contribution in [3.05, 3.63) is 0 Å². The summed E-state index contributed by atoms with van der Waals surface area (Å²) in [6.45, 7) is 6.97. The zero-order chi connectivity index (χ0) is 11.7. The zero-order valence-corrected chi connectivity index (χ0v) is 10.9. The Morgan fingerprint density at radius 3 is 2.40 bits per heavy atom. The van der Waals surface area contributed by atoms with Crippen molar-refractivity contribution in [2.45, 2.75) is 13.0 Å². The lowest BCUT2D eigenvalue weighted by Crippen LogP contribution is -2.50. The van der Waals surface area contributed by atoms with E-state index in [4.69, 9.17) is 9.47 Å². The first-order chi connectivity index (χ1) is 7.05. The summed E-state index contributed by atoms with van der Waals surface area (Å²) in [5.74, 6) is 0. The molecule has 0 aliphatic heterocycles. The Balaban J connectivity index is 3.86. The van der Waals surface area contributed by atoms with Gasteiger partial charge in [-0.15, -0.1) is 0 Å². The largest absolute Gasteiger partial charge is 0.382 e. The van der Waals surface area contributed by atoms with Crippen LogP contribution in [0.3, 0.4) is 0 Å². The Bertz CT molecular complexity index is 152. The third kappa shape index (κ3) is 7.73. The predicted octanol–water partition coefficient (Wildman–Crippen LogP) is 0.334. The van der Waals surface area contributed by atoms with E-state index < -0.39 is 0 Å². The molecule has 4 heteroatoms. The van der Waals surface area contributed by atoms with E-state index in [1.54, 1.807) is 14.2 Å². The first kappa shape index (κ1) is 14.8. The van der Waals surface area contributed by atoms with Crippen LogP contribution in [0.4, 0.5) is 0 Å². The summed E-state index contributed by atoms with van der Waals surface area (Å²) < 4.78 is 11.4. The maximum atomic E-state index is 5.37. The van der Waals surface area contributed by atoms with Gasteiger partial charge in [-0.2, -0.15) is 0 Å². The van der Waals surface area contributed by atoms with Crippen LogP contribution in [0.1, 0.15) is 6.92 Å². The maximum Gasteiger partial charge on any atom is 0.129 e. The molecule has 0 saturated heterocycles. The molecule has 0 heterocycles. The van der Waals surface area contributed by atoms with E-state index in [0.29, 0.717) is 6.61 Å². The highest BCUT2D eigenvalue weighted by Gasteiger charge is 2.21. The lowest BCUT2D eigenvalue weighted by molar-refractivity contribution is -0.892. The average Bonchev–Trinajstić information content (AvgIpc) is 2.17. The Kier molecular flexibility index (Phi) is 7.96. The van der Waals surface area contributed by atoms with Gasteiger partial charge in [0.1, 0.15) is 12.6 Å². The second-order valence-corrected chi connectivity index (χ2v) is 4.51. The minimum absolute atomic E-state index is 0.187. The molecule has 0 bridgehead atoms. The molecule has 0 aromatic carbocycles. The highest BCUT2D eigenvalue weighted by atomic mass is 16.5. The van der Waals surface area contributed by atoms with Gasteiger partial charge in [0.25, 0.3) is 0 Å². The number of nitrogens with zero attached hydrogens (tertiary/aromatic N) is 1. The molecule has 1 N–H and O–H groups in total. The summed E-state index contributed by atoms with van der Waals surface area (Å²) in [5, 5.41) is 3.34. The van der Waals surface area contributed by atoms with Crippen molar-refractivity contribution in [3.8, 4) is 0 Å². The standard InChI is InChI=1S/C11H27N2O2/c1-6-12-7-8-13(2,3)9-11(15-5)10-14-4/h11-12H,6-10H2,1-5H3/q+1. The van der Waals surface area contributed by atoms with Crippen LogP contribution in [-0.4, -0.2) is 71.7 Å². The van der Waals surface area contributed by atoms with Gasteiger partial charge in [0.05, 0.1) is 27.2 Å². The van der Waals surface area contributed by atoms with E-state index in [0.717, 1.165) is 30.7 Å². The van der Waals surface area contributed by atoms with E-state index in [2.05, 4.69) is 26.3 Å². The molecule has 0 aromatic rings. The van der Waals surface area contributed by atoms with Gasteiger partial charge in [-0.3, -0.25) is 0 Å². The molecule has 0 aromatic heterocycles. The summed E-state index contributed by atoms with van der Waals surface area (Å²) in [7, 11) is 7.90. The Labute approximate surface area is 94.1 Å². The number of methoxy groups -OCH3 is 2. The van der Waals surface area contributed by atoms with Crippen LogP contribution >= 0.6 is 0 Å². The second kappa shape index (κ2) is 8.05. The molecular weight excluding hydrogens is 192 g/mol. The van der Waals surface area contributed by atoms with Gasteiger partial charge >= 0.3 is 0 Å². The van der Waals surface area contributed by atoms with E-state index in [1.165, 1.54) is 0 Å². The molecule has 0 fully saturated rings. The van der Waals surface area contributed by atoms with Crippen molar-refractivity contribution >= 4 is 0 Å². The quantitative estimate of drug-likeness (QED) is 0.448. The lowest BCUT2D eigenvalue weighted by Gasteiger charge is -2.32. The third-order valence-electron chi connectivity index (χ3n) is 2.53. The molecule has 0 saturated carbocycles. The van der Waals surface area contributed by atoms with Crippen LogP contribution in [-0.2, 0) is 9.47 Å². The first-order valence-electron chi connectivity index (χ1n) is 5.60. The minimum Gasteiger partial charge on any atom is -0.382 e. The highest BCUT2D eigenvalue weighted by molar-refractivity contribution is 4.55. The molecule has 0 spiro atoms. The molecule has 0 aliphatic carbocycles. The van der Waals surface area contributed by atoms with Crippen molar-refractivity contribution < 1.29 is 14.0 Å². The molecule has 0 rings (SSSR count). The van der Waals surface area contributed by atoms with E-state index in [1.807, 2.05) is 0 Å². The number of likely N-dealkylation sites (N-methyl/N-ethyl adjacent to an activating group) is 2.